The van der Waals surface area contributed by atoms with Gasteiger partial charge >= 0.3 is 0 Å². The molecule has 1 aliphatic rings. The van der Waals surface area contributed by atoms with Crippen LogP contribution in [0, 0.1) is 6.92 Å². The van der Waals surface area contributed by atoms with Crippen molar-refractivity contribution in [2.45, 2.75) is 52.5 Å². The minimum atomic E-state index is -0.0867. The summed E-state index contributed by atoms with van der Waals surface area (Å²) in [5, 5.41) is 12.8. The van der Waals surface area contributed by atoms with Gasteiger partial charge in [-0.25, -0.2) is 0 Å². The molecule has 0 saturated carbocycles. The third kappa shape index (κ3) is 4.43. The Morgan fingerprint density at radius 1 is 1.38 bits per heavy atom. The molecule has 4 heteroatoms. The van der Waals surface area contributed by atoms with E-state index in [4.69, 9.17) is 4.74 Å². The van der Waals surface area contributed by atoms with E-state index in [9.17, 15) is 5.11 Å². The molecule has 0 spiro atoms. The topological polar surface area (TPSA) is 44.7 Å². The monoisotopic (exact) mass is 292 g/mol. The van der Waals surface area contributed by atoms with E-state index in [1.54, 1.807) is 0 Å². The lowest BCUT2D eigenvalue weighted by Crippen LogP contribution is -2.48. The third-order valence-electron chi connectivity index (χ3n) is 3.92. The minimum Gasteiger partial charge on any atom is -0.394 e. The van der Waals surface area contributed by atoms with Crippen LogP contribution in [0.25, 0.3) is 0 Å². The molecule has 1 fully saturated rings. The summed E-state index contributed by atoms with van der Waals surface area (Å²) in [6.45, 7) is 11.2. The number of anilines is 1. The number of ether oxygens (including phenoxy) is 1. The summed E-state index contributed by atoms with van der Waals surface area (Å²) in [7, 11) is 0. The quantitative estimate of drug-likeness (QED) is 0.872. The van der Waals surface area contributed by atoms with E-state index < -0.39 is 0 Å². The predicted molar refractivity (Wildman–Crippen MR) is 86.8 cm³/mol. The molecule has 2 N–H and O–H groups in total. The number of aryl methyl sites for hydroxylation is 1. The summed E-state index contributed by atoms with van der Waals surface area (Å²) >= 11 is 0. The number of hydrogen-bond donors (Lipinski definition) is 2. The van der Waals surface area contributed by atoms with Gasteiger partial charge in [-0.05, 0) is 37.1 Å². The molecule has 2 rings (SSSR count). The number of nitrogens with one attached hydrogen (secondary N) is 1. The minimum absolute atomic E-state index is 0.0796. The van der Waals surface area contributed by atoms with Crippen LogP contribution >= 0.6 is 0 Å². The van der Waals surface area contributed by atoms with Crippen molar-refractivity contribution in [1.29, 1.82) is 0 Å². The highest BCUT2D eigenvalue weighted by molar-refractivity contribution is 5.51. The van der Waals surface area contributed by atoms with E-state index in [2.05, 4.69) is 56.1 Å². The Bertz CT molecular complexity index is 462. The van der Waals surface area contributed by atoms with Gasteiger partial charge in [0.05, 0.1) is 18.8 Å². The van der Waals surface area contributed by atoms with Gasteiger partial charge in [-0.15, -0.1) is 0 Å². The molecule has 1 heterocycles. The fourth-order valence-corrected chi connectivity index (χ4v) is 2.75. The highest BCUT2D eigenvalue weighted by atomic mass is 16.5. The van der Waals surface area contributed by atoms with Crippen molar-refractivity contribution in [3.8, 4) is 0 Å². The molecule has 21 heavy (non-hydrogen) atoms. The van der Waals surface area contributed by atoms with Crippen LogP contribution in [-0.2, 0) is 11.3 Å². The van der Waals surface area contributed by atoms with E-state index in [0.717, 1.165) is 19.6 Å². The summed E-state index contributed by atoms with van der Waals surface area (Å²) in [5.41, 5.74) is 3.86. The Morgan fingerprint density at radius 3 is 2.76 bits per heavy atom. The number of rotatable bonds is 5. The van der Waals surface area contributed by atoms with Gasteiger partial charge in [0.1, 0.15) is 0 Å². The first-order valence-corrected chi connectivity index (χ1v) is 7.83. The maximum absolute atomic E-state index is 9.33. The van der Waals surface area contributed by atoms with Crippen LogP contribution < -0.4 is 10.2 Å². The Kier molecular flexibility index (Phi) is 5.62. The Hall–Kier alpha value is -1.10. The molecular weight excluding hydrogens is 264 g/mol. The molecule has 1 aromatic rings. The second-order valence-corrected chi connectivity index (χ2v) is 6.30. The molecule has 0 aromatic heterocycles. The van der Waals surface area contributed by atoms with Gasteiger partial charge in [-0.1, -0.05) is 19.9 Å². The van der Waals surface area contributed by atoms with Crippen molar-refractivity contribution in [3.05, 3.63) is 29.3 Å². The molecule has 0 aliphatic carbocycles. The number of aliphatic hydroxyl groups is 1. The van der Waals surface area contributed by atoms with E-state index in [1.165, 1.54) is 16.8 Å². The first-order chi connectivity index (χ1) is 9.99. The number of morpholine rings is 1. The van der Waals surface area contributed by atoms with E-state index in [0.29, 0.717) is 6.04 Å². The maximum atomic E-state index is 9.33. The zero-order valence-corrected chi connectivity index (χ0v) is 13.6. The van der Waals surface area contributed by atoms with Crippen molar-refractivity contribution in [1.82, 2.24) is 5.32 Å². The lowest BCUT2D eigenvalue weighted by Gasteiger charge is -2.37. The van der Waals surface area contributed by atoms with Gasteiger partial charge in [0, 0.05) is 31.4 Å². The van der Waals surface area contributed by atoms with Crippen molar-refractivity contribution >= 4 is 5.69 Å². The molecule has 0 radical (unpaired) electrons. The predicted octanol–water partition coefficient (Wildman–Crippen LogP) is 2.08. The third-order valence-corrected chi connectivity index (χ3v) is 3.92. The summed E-state index contributed by atoms with van der Waals surface area (Å²) in [6.07, 6.45) is 0.0647. The zero-order chi connectivity index (χ0) is 15.4. The fourth-order valence-electron chi connectivity index (χ4n) is 2.75. The van der Waals surface area contributed by atoms with E-state index >= 15 is 0 Å². The SMILES string of the molecule is Cc1cc(N2CC(C)OC(CO)C2)ccc1CNC(C)C. The van der Waals surface area contributed by atoms with Crippen molar-refractivity contribution < 1.29 is 9.84 Å². The number of hydrogen-bond acceptors (Lipinski definition) is 4. The molecule has 0 amide bonds. The van der Waals surface area contributed by atoms with Gasteiger partial charge in [0.2, 0.25) is 0 Å². The van der Waals surface area contributed by atoms with Crippen LogP contribution in [0.2, 0.25) is 0 Å². The van der Waals surface area contributed by atoms with Gasteiger partial charge in [-0.3, -0.25) is 0 Å². The first-order valence-electron chi connectivity index (χ1n) is 7.83. The highest BCUT2D eigenvalue weighted by Crippen LogP contribution is 2.23. The molecule has 2 unspecified atom stereocenters. The normalized spacial score (nSPS) is 22.9. The largest absolute Gasteiger partial charge is 0.394 e. The summed E-state index contributed by atoms with van der Waals surface area (Å²) in [6, 6.07) is 7.11. The molecule has 118 valence electrons. The molecule has 2 atom stereocenters. The molecular formula is C17H28N2O2. The van der Waals surface area contributed by atoms with Crippen molar-refractivity contribution in [2.24, 2.45) is 0 Å². The fraction of sp³-hybridized carbons (Fsp3) is 0.647. The summed E-state index contributed by atoms with van der Waals surface area (Å²) in [4.78, 5) is 2.31. The molecule has 1 aromatic carbocycles. The molecule has 1 saturated heterocycles. The van der Waals surface area contributed by atoms with Crippen LogP contribution in [-0.4, -0.2) is 43.1 Å². The highest BCUT2D eigenvalue weighted by Gasteiger charge is 2.25. The summed E-state index contributed by atoms with van der Waals surface area (Å²) in [5.74, 6) is 0. The molecule has 4 nitrogen and oxygen atoms in total. The average molecular weight is 292 g/mol. The van der Waals surface area contributed by atoms with Gasteiger partial charge in [-0.2, -0.15) is 0 Å². The van der Waals surface area contributed by atoms with Gasteiger partial charge < -0.3 is 20.1 Å². The van der Waals surface area contributed by atoms with Gasteiger partial charge in [0.25, 0.3) is 0 Å². The second kappa shape index (κ2) is 7.25. The Balaban J connectivity index is 2.08. The van der Waals surface area contributed by atoms with Crippen LogP contribution in [0.4, 0.5) is 5.69 Å². The second-order valence-electron chi connectivity index (χ2n) is 6.30. The van der Waals surface area contributed by atoms with Crippen LogP contribution in [0.1, 0.15) is 31.9 Å². The van der Waals surface area contributed by atoms with Crippen LogP contribution in [0.5, 0.6) is 0 Å². The standard InChI is InChI=1S/C17H28N2O2/c1-12(2)18-8-15-5-6-16(7-13(15)3)19-9-14(4)21-17(10-19)11-20/h5-7,12,14,17-18,20H,8-11H2,1-4H3. The van der Waals surface area contributed by atoms with E-state index in [1.807, 2.05) is 0 Å². The zero-order valence-electron chi connectivity index (χ0n) is 13.6. The lowest BCUT2D eigenvalue weighted by molar-refractivity contribution is -0.0421. The summed E-state index contributed by atoms with van der Waals surface area (Å²) < 4.78 is 5.70. The van der Waals surface area contributed by atoms with Crippen molar-refractivity contribution in [2.75, 3.05) is 24.6 Å². The number of nitrogens with zero attached hydrogens (tertiary/aromatic N) is 1. The molecule has 0 bridgehead atoms. The lowest BCUT2D eigenvalue weighted by atomic mass is 10.1. The Morgan fingerprint density at radius 2 is 2.14 bits per heavy atom. The van der Waals surface area contributed by atoms with Gasteiger partial charge in [0.15, 0.2) is 0 Å². The van der Waals surface area contributed by atoms with Crippen LogP contribution in [0.15, 0.2) is 18.2 Å². The smallest absolute Gasteiger partial charge is 0.0984 e. The van der Waals surface area contributed by atoms with Crippen molar-refractivity contribution in [3.63, 3.8) is 0 Å². The number of benzene rings is 1. The first kappa shape index (κ1) is 16.3. The number of aliphatic hydroxyl groups excluding tert-OH is 1. The molecule has 1 aliphatic heterocycles. The maximum Gasteiger partial charge on any atom is 0.0984 e. The van der Waals surface area contributed by atoms with E-state index in [-0.39, 0.29) is 18.8 Å². The average Bonchev–Trinajstić information content (AvgIpc) is 2.45. The Labute approximate surface area is 128 Å². The van der Waals surface area contributed by atoms with Crippen LogP contribution in [0.3, 0.4) is 0 Å².